The largest absolute Gasteiger partial charge is 0.466 e. The van der Waals surface area contributed by atoms with Gasteiger partial charge in [0.25, 0.3) is 0 Å². The van der Waals surface area contributed by atoms with E-state index >= 15 is 0 Å². The van der Waals surface area contributed by atoms with Gasteiger partial charge in [-0.3, -0.25) is 0 Å². The molecule has 0 saturated carbocycles. The highest BCUT2D eigenvalue weighted by molar-refractivity contribution is 5.83. The number of hydrogen-bond acceptors (Lipinski definition) is 3. The van der Waals surface area contributed by atoms with Crippen LogP contribution in [0.1, 0.15) is 13.8 Å². The number of anilines is 1. The van der Waals surface area contributed by atoms with E-state index in [0.29, 0.717) is 0 Å². The zero-order valence-electron chi connectivity index (χ0n) is 9.86. The van der Waals surface area contributed by atoms with Gasteiger partial charge in [0.1, 0.15) is 0 Å². The van der Waals surface area contributed by atoms with Crippen molar-refractivity contribution in [2.24, 2.45) is 5.92 Å². The van der Waals surface area contributed by atoms with Gasteiger partial charge in [-0.15, -0.1) is 0 Å². The Hall–Kier alpha value is -1.77. The van der Waals surface area contributed by atoms with E-state index in [1.807, 2.05) is 44.2 Å². The fraction of sp³-hybridized carbons (Fsp3) is 0.308. The van der Waals surface area contributed by atoms with Crippen LogP contribution in [0.4, 0.5) is 5.69 Å². The highest BCUT2D eigenvalue weighted by Gasteiger charge is 2.06. The maximum absolute atomic E-state index is 11.2. The molecule has 0 heterocycles. The molecule has 16 heavy (non-hydrogen) atoms. The molecule has 0 aliphatic rings. The molecule has 0 radical (unpaired) electrons. The second-order valence-electron chi connectivity index (χ2n) is 3.77. The van der Waals surface area contributed by atoms with Crippen LogP contribution in [0.15, 0.2) is 42.1 Å². The minimum atomic E-state index is -0.341. The van der Waals surface area contributed by atoms with Crippen LogP contribution < -0.4 is 5.32 Å². The number of ether oxygens (including phenoxy) is 1. The lowest BCUT2D eigenvalue weighted by molar-refractivity contribution is -0.134. The molecule has 0 atom stereocenters. The zero-order chi connectivity index (χ0) is 12.0. The summed E-state index contributed by atoms with van der Waals surface area (Å²) < 4.78 is 4.61. The number of carbonyl (C=O) groups is 1. The fourth-order valence-electron chi connectivity index (χ4n) is 1.22. The third-order valence-corrected chi connectivity index (χ3v) is 2.16. The van der Waals surface area contributed by atoms with Crippen LogP contribution in [0.5, 0.6) is 0 Å². The highest BCUT2D eigenvalue weighted by Crippen LogP contribution is 2.15. The van der Waals surface area contributed by atoms with Gasteiger partial charge in [0.15, 0.2) is 0 Å². The van der Waals surface area contributed by atoms with E-state index in [1.165, 1.54) is 13.2 Å². The Morgan fingerprint density at radius 3 is 2.44 bits per heavy atom. The number of allylic oxidation sites excluding steroid dienone is 1. The molecule has 3 nitrogen and oxygen atoms in total. The monoisotopic (exact) mass is 219 g/mol. The molecule has 0 amide bonds. The van der Waals surface area contributed by atoms with Crippen LogP contribution in [-0.4, -0.2) is 13.1 Å². The van der Waals surface area contributed by atoms with Gasteiger partial charge in [-0.2, -0.15) is 0 Å². The molecular weight excluding hydrogens is 202 g/mol. The summed E-state index contributed by atoms with van der Waals surface area (Å²) in [5.41, 5.74) is 1.81. The molecule has 0 aromatic heterocycles. The lowest BCUT2D eigenvalue weighted by Gasteiger charge is -2.13. The summed E-state index contributed by atoms with van der Waals surface area (Å²) in [4.78, 5) is 11.2. The predicted octanol–water partition coefficient (Wildman–Crippen LogP) is 2.81. The van der Waals surface area contributed by atoms with E-state index in [-0.39, 0.29) is 11.9 Å². The zero-order valence-corrected chi connectivity index (χ0v) is 9.86. The average Bonchev–Trinajstić information content (AvgIpc) is 2.29. The van der Waals surface area contributed by atoms with E-state index in [4.69, 9.17) is 0 Å². The molecule has 1 N–H and O–H groups in total. The molecule has 0 aliphatic carbocycles. The molecule has 86 valence electrons. The highest BCUT2D eigenvalue weighted by atomic mass is 16.5. The number of para-hydroxylation sites is 1. The maximum Gasteiger partial charge on any atom is 0.332 e. The average molecular weight is 219 g/mol. The second-order valence-corrected chi connectivity index (χ2v) is 3.77. The van der Waals surface area contributed by atoms with Crippen molar-refractivity contribution in [2.45, 2.75) is 13.8 Å². The lowest BCUT2D eigenvalue weighted by Crippen LogP contribution is -2.09. The molecular formula is C13H17NO2. The van der Waals surface area contributed by atoms with Crippen LogP contribution in [0.3, 0.4) is 0 Å². The Balaban J connectivity index is 2.81. The number of carbonyl (C=O) groups excluding carboxylic acids is 1. The first-order chi connectivity index (χ1) is 7.63. The molecule has 0 fully saturated rings. The SMILES string of the molecule is COC(=O)/C=C(\Nc1ccccc1)C(C)C. The van der Waals surface area contributed by atoms with Crippen molar-refractivity contribution >= 4 is 11.7 Å². The van der Waals surface area contributed by atoms with Gasteiger partial charge in [-0.05, 0) is 18.1 Å². The van der Waals surface area contributed by atoms with Crippen molar-refractivity contribution in [1.29, 1.82) is 0 Å². The van der Waals surface area contributed by atoms with Crippen LogP contribution in [0, 0.1) is 5.92 Å². The topological polar surface area (TPSA) is 38.3 Å². The van der Waals surface area contributed by atoms with Crippen molar-refractivity contribution < 1.29 is 9.53 Å². The number of benzene rings is 1. The summed E-state index contributed by atoms with van der Waals surface area (Å²) in [6.07, 6.45) is 1.48. The van der Waals surface area contributed by atoms with Crippen molar-refractivity contribution in [1.82, 2.24) is 0 Å². The first-order valence-electron chi connectivity index (χ1n) is 5.25. The molecule has 0 spiro atoms. The standard InChI is InChI=1S/C13H17NO2/c1-10(2)12(9-13(15)16-3)14-11-7-5-4-6-8-11/h4-10,14H,1-3H3/b12-9-. The molecule has 0 aliphatic heterocycles. The van der Waals surface area contributed by atoms with Crippen molar-refractivity contribution in [3.05, 3.63) is 42.1 Å². The molecule has 1 aromatic carbocycles. The Morgan fingerprint density at radius 2 is 1.94 bits per heavy atom. The second kappa shape index (κ2) is 5.95. The predicted molar refractivity (Wildman–Crippen MR) is 65.0 cm³/mol. The summed E-state index contributed by atoms with van der Waals surface area (Å²) in [6.45, 7) is 4.04. The summed E-state index contributed by atoms with van der Waals surface area (Å²) in [6, 6.07) is 9.74. The molecule has 0 saturated heterocycles. The molecule has 1 aromatic rings. The van der Waals surface area contributed by atoms with Crippen LogP contribution in [0.2, 0.25) is 0 Å². The third kappa shape index (κ3) is 3.77. The lowest BCUT2D eigenvalue weighted by atomic mass is 10.1. The summed E-state index contributed by atoms with van der Waals surface area (Å²) in [5, 5.41) is 3.20. The number of methoxy groups -OCH3 is 1. The van der Waals surface area contributed by atoms with Gasteiger partial charge in [0.2, 0.25) is 0 Å². The number of hydrogen-bond donors (Lipinski definition) is 1. The van der Waals surface area contributed by atoms with Crippen LogP contribution in [0.25, 0.3) is 0 Å². The summed E-state index contributed by atoms with van der Waals surface area (Å²) >= 11 is 0. The van der Waals surface area contributed by atoms with E-state index in [9.17, 15) is 4.79 Å². The molecule has 1 rings (SSSR count). The molecule has 3 heteroatoms. The van der Waals surface area contributed by atoms with E-state index in [0.717, 1.165) is 11.4 Å². The minimum absolute atomic E-state index is 0.235. The van der Waals surface area contributed by atoms with Crippen LogP contribution in [-0.2, 0) is 9.53 Å². The van der Waals surface area contributed by atoms with Gasteiger partial charge in [-0.1, -0.05) is 32.0 Å². The Kier molecular flexibility index (Phi) is 4.58. The van der Waals surface area contributed by atoms with Gasteiger partial charge in [0, 0.05) is 17.5 Å². The van der Waals surface area contributed by atoms with Crippen LogP contribution >= 0.6 is 0 Å². The normalized spacial score (nSPS) is 11.4. The Labute approximate surface area is 96.1 Å². The number of esters is 1. The summed E-state index contributed by atoms with van der Waals surface area (Å²) in [5.74, 6) is -0.105. The van der Waals surface area contributed by atoms with Gasteiger partial charge in [0.05, 0.1) is 7.11 Å². The minimum Gasteiger partial charge on any atom is -0.466 e. The van der Waals surface area contributed by atoms with E-state index in [2.05, 4.69) is 10.1 Å². The van der Waals surface area contributed by atoms with E-state index in [1.54, 1.807) is 0 Å². The first-order valence-corrected chi connectivity index (χ1v) is 5.25. The first kappa shape index (κ1) is 12.3. The molecule has 0 unspecified atom stereocenters. The maximum atomic E-state index is 11.2. The van der Waals surface area contributed by atoms with Crippen molar-refractivity contribution in [3.8, 4) is 0 Å². The third-order valence-electron chi connectivity index (χ3n) is 2.16. The van der Waals surface area contributed by atoms with Crippen molar-refractivity contribution in [3.63, 3.8) is 0 Å². The molecule has 0 bridgehead atoms. The van der Waals surface area contributed by atoms with Gasteiger partial charge in [-0.25, -0.2) is 4.79 Å². The summed E-state index contributed by atoms with van der Waals surface area (Å²) in [7, 11) is 1.37. The number of rotatable bonds is 4. The fourth-order valence-corrected chi connectivity index (χ4v) is 1.22. The quantitative estimate of drug-likeness (QED) is 0.625. The number of nitrogens with one attached hydrogen (secondary N) is 1. The van der Waals surface area contributed by atoms with Gasteiger partial charge >= 0.3 is 5.97 Å². The Bertz CT molecular complexity index is 369. The Morgan fingerprint density at radius 1 is 1.31 bits per heavy atom. The van der Waals surface area contributed by atoms with Crippen molar-refractivity contribution in [2.75, 3.05) is 12.4 Å². The van der Waals surface area contributed by atoms with E-state index < -0.39 is 0 Å². The smallest absolute Gasteiger partial charge is 0.332 e. The van der Waals surface area contributed by atoms with Gasteiger partial charge < -0.3 is 10.1 Å².